The third kappa shape index (κ3) is 4.85. The van der Waals surface area contributed by atoms with Gasteiger partial charge in [-0.15, -0.1) is 0 Å². The molecule has 1 aliphatic rings. The summed E-state index contributed by atoms with van der Waals surface area (Å²) in [5.74, 6) is -0.163. The molecule has 3 rings (SSSR count). The van der Waals surface area contributed by atoms with Crippen LogP contribution in [-0.2, 0) is 14.9 Å². The summed E-state index contributed by atoms with van der Waals surface area (Å²) in [6.07, 6.45) is 4.91. The molecule has 0 unspecified atom stereocenters. The third-order valence-corrected chi connectivity index (χ3v) is 5.48. The molecule has 2 aromatic carbocycles. The first-order valence-corrected chi connectivity index (χ1v) is 9.71. The van der Waals surface area contributed by atoms with E-state index in [1.165, 1.54) is 11.6 Å². The second kappa shape index (κ2) is 8.98. The topological polar surface area (TPSA) is 62.1 Å². The van der Waals surface area contributed by atoms with E-state index in [1.54, 1.807) is 12.1 Å². The number of nitriles is 1. The van der Waals surface area contributed by atoms with Crippen molar-refractivity contribution in [3.63, 3.8) is 0 Å². The highest BCUT2D eigenvalue weighted by atomic mass is 79.9. The Labute approximate surface area is 168 Å². The molecule has 4 nitrogen and oxygen atoms in total. The zero-order chi connectivity index (χ0) is 19.1. The minimum atomic E-state index is -0.163. The second-order valence-electron chi connectivity index (χ2n) is 6.65. The maximum atomic E-state index is 12.4. The van der Waals surface area contributed by atoms with Crippen LogP contribution in [0.5, 0.6) is 0 Å². The zero-order valence-corrected chi connectivity index (χ0v) is 16.5. The minimum Gasteiger partial charge on any atom is -0.381 e. The number of hydrogen-bond donors (Lipinski definition) is 1. The summed E-state index contributed by atoms with van der Waals surface area (Å²) in [7, 11) is 0. The Balaban J connectivity index is 1.71. The van der Waals surface area contributed by atoms with Crippen molar-refractivity contribution in [2.45, 2.75) is 18.3 Å². The number of nitrogens with one attached hydrogen (secondary N) is 1. The standard InChI is InChI=1S/C22H21BrN2O2/c23-20-7-3-6-19(14-20)22(10-12-27-13-11-22)16-25-21(26)9-8-17-4-1-2-5-18(17)15-24/h1-9,14H,10-13,16H2,(H,25,26)/b9-8+. The van der Waals surface area contributed by atoms with E-state index >= 15 is 0 Å². The van der Waals surface area contributed by atoms with E-state index in [0.717, 1.165) is 22.9 Å². The van der Waals surface area contributed by atoms with E-state index in [9.17, 15) is 4.79 Å². The van der Waals surface area contributed by atoms with E-state index in [2.05, 4.69) is 39.4 Å². The molecule has 0 spiro atoms. The van der Waals surface area contributed by atoms with Crippen LogP contribution < -0.4 is 5.32 Å². The monoisotopic (exact) mass is 424 g/mol. The molecule has 0 bridgehead atoms. The first-order chi connectivity index (χ1) is 13.1. The lowest BCUT2D eigenvalue weighted by atomic mass is 9.74. The maximum absolute atomic E-state index is 12.4. The van der Waals surface area contributed by atoms with Gasteiger partial charge in [-0.2, -0.15) is 5.26 Å². The molecule has 5 heteroatoms. The van der Waals surface area contributed by atoms with Gasteiger partial charge in [0.15, 0.2) is 0 Å². The largest absolute Gasteiger partial charge is 0.381 e. The molecule has 1 N–H and O–H groups in total. The highest BCUT2D eigenvalue weighted by Crippen LogP contribution is 2.35. The number of nitrogens with zero attached hydrogens (tertiary/aromatic N) is 1. The van der Waals surface area contributed by atoms with Gasteiger partial charge in [0.1, 0.15) is 0 Å². The SMILES string of the molecule is N#Cc1ccccc1/C=C/C(=O)NCC1(c2cccc(Br)c2)CCOCC1. The lowest BCUT2D eigenvalue weighted by Crippen LogP contribution is -2.44. The molecule has 0 aliphatic carbocycles. The molecule has 0 atom stereocenters. The van der Waals surface area contributed by atoms with Gasteiger partial charge in [0, 0.05) is 35.7 Å². The summed E-state index contributed by atoms with van der Waals surface area (Å²) in [5, 5.41) is 12.2. The Hall–Kier alpha value is -2.42. The molecule has 0 aromatic heterocycles. The number of amides is 1. The van der Waals surface area contributed by atoms with Crippen molar-refractivity contribution in [3.8, 4) is 6.07 Å². The number of ether oxygens (including phenoxy) is 1. The molecule has 1 saturated heterocycles. The normalized spacial score (nSPS) is 16.0. The molecule has 1 fully saturated rings. The molecule has 2 aromatic rings. The number of halogens is 1. The molecular weight excluding hydrogens is 404 g/mol. The number of carbonyl (C=O) groups is 1. The average Bonchev–Trinajstić information content (AvgIpc) is 2.71. The van der Waals surface area contributed by atoms with Crippen molar-refractivity contribution >= 4 is 27.9 Å². The van der Waals surface area contributed by atoms with Gasteiger partial charge in [0.05, 0.1) is 11.6 Å². The highest BCUT2D eigenvalue weighted by molar-refractivity contribution is 9.10. The molecule has 1 aliphatic heterocycles. The molecule has 0 radical (unpaired) electrons. The number of carbonyl (C=O) groups excluding carboxylic acids is 1. The van der Waals surface area contributed by atoms with E-state index in [0.29, 0.717) is 25.3 Å². The van der Waals surface area contributed by atoms with Crippen LogP contribution in [0.25, 0.3) is 6.08 Å². The minimum absolute atomic E-state index is 0.129. The first-order valence-electron chi connectivity index (χ1n) is 8.92. The maximum Gasteiger partial charge on any atom is 0.244 e. The fraction of sp³-hybridized carbons (Fsp3) is 0.273. The Bertz CT molecular complexity index is 880. The average molecular weight is 425 g/mol. The van der Waals surface area contributed by atoms with Crippen molar-refractivity contribution in [2.24, 2.45) is 0 Å². The Morgan fingerprint density at radius 3 is 2.74 bits per heavy atom. The molecule has 1 heterocycles. The lowest BCUT2D eigenvalue weighted by molar-refractivity contribution is -0.116. The lowest BCUT2D eigenvalue weighted by Gasteiger charge is -2.38. The van der Waals surface area contributed by atoms with Crippen LogP contribution in [0.1, 0.15) is 29.5 Å². The van der Waals surface area contributed by atoms with Crippen molar-refractivity contribution < 1.29 is 9.53 Å². The van der Waals surface area contributed by atoms with Gasteiger partial charge >= 0.3 is 0 Å². The predicted molar refractivity (Wildman–Crippen MR) is 109 cm³/mol. The van der Waals surface area contributed by atoms with Gasteiger partial charge in [-0.25, -0.2) is 0 Å². The fourth-order valence-electron chi connectivity index (χ4n) is 3.37. The summed E-state index contributed by atoms with van der Waals surface area (Å²) < 4.78 is 6.58. The van der Waals surface area contributed by atoms with Crippen LogP contribution in [0.4, 0.5) is 0 Å². The number of hydrogen-bond acceptors (Lipinski definition) is 3. The predicted octanol–water partition coefficient (Wildman–Crippen LogP) is 4.20. The fourth-order valence-corrected chi connectivity index (χ4v) is 3.77. The van der Waals surface area contributed by atoms with Gasteiger partial charge in [-0.1, -0.05) is 46.3 Å². The van der Waals surface area contributed by atoms with Crippen molar-refractivity contribution in [1.29, 1.82) is 5.26 Å². The highest BCUT2D eigenvalue weighted by Gasteiger charge is 2.34. The van der Waals surface area contributed by atoms with Crippen LogP contribution in [0.15, 0.2) is 59.1 Å². The summed E-state index contributed by atoms with van der Waals surface area (Å²) in [6.45, 7) is 1.93. The molecule has 0 saturated carbocycles. The molecule has 138 valence electrons. The van der Waals surface area contributed by atoms with Crippen molar-refractivity contribution in [3.05, 3.63) is 75.8 Å². The van der Waals surface area contributed by atoms with Gasteiger partial charge in [-0.3, -0.25) is 4.79 Å². The number of benzene rings is 2. The van der Waals surface area contributed by atoms with E-state index < -0.39 is 0 Å². The summed E-state index contributed by atoms with van der Waals surface area (Å²) in [6, 6.07) is 17.6. The first kappa shape index (κ1) is 19.3. The van der Waals surface area contributed by atoms with Crippen LogP contribution in [0.2, 0.25) is 0 Å². The summed E-state index contributed by atoms with van der Waals surface area (Å²) in [4.78, 5) is 12.4. The van der Waals surface area contributed by atoms with E-state index in [1.807, 2.05) is 30.3 Å². The van der Waals surface area contributed by atoms with Gasteiger partial charge in [0.25, 0.3) is 0 Å². The van der Waals surface area contributed by atoms with Crippen LogP contribution in [0.3, 0.4) is 0 Å². The van der Waals surface area contributed by atoms with E-state index in [4.69, 9.17) is 10.00 Å². The van der Waals surface area contributed by atoms with Gasteiger partial charge < -0.3 is 10.1 Å². The summed E-state index contributed by atoms with van der Waals surface area (Å²) in [5.41, 5.74) is 2.37. The Morgan fingerprint density at radius 2 is 2.00 bits per heavy atom. The Kier molecular flexibility index (Phi) is 6.44. The van der Waals surface area contributed by atoms with Gasteiger partial charge in [-0.05, 0) is 48.2 Å². The van der Waals surface area contributed by atoms with Crippen LogP contribution in [0, 0.1) is 11.3 Å². The van der Waals surface area contributed by atoms with Crippen molar-refractivity contribution in [2.75, 3.05) is 19.8 Å². The Morgan fingerprint density at radius 1 is 1.22 bits per heavy atom. The quantitative estimate of drug-likeness (QED) is 0.731. The second-order valence-corrected chi connectivity index (χ2v) is 7.57. The molecule has 1 amide bonds. The molecule has 27 heavy (non-hydrogen) atoms. The number of rotatable bonds is 5. The van der Waals surface area contributed by atoms with E-state index in [-0.39, 0.29) is 11.3 Å². The van der Waals surface area contributed by atoms with Crippen LogP contribution >= 0.6 is 15.9 Å². The van der Waals surface area contributed by atoms with Crippen LogP contribution in [-0.4, -0.2) is 25.7 Å². The summed E-state index contributed by atoms with van der Waals surface area (Å²) >= 11 is 3.54. The molecular formula is C22H21BrN2O2. The zero-order valence-electron chi connectivity index (χ0n) is 15.0. The van der Waals surface area contributed by atoms with Gasteiger partial charge in [0.2, 0.25) is 5.91 Å². The van der Waals surface area contributed by atoms with Crippen molar-refractivity contribution in [1.82, 2.24) is 5.32 Å². The third-order valence-electron chi connectivity index (χ3n) is 4.98. The smallest absolute Gasteiger partial charge is 0.244 e.